The quantitative estimate of drug-likeness (QED) is 0.441. The molecule has 4 heteroatoms. The van der Waals surface area contributed by atoms with Crippen molar-refractivity contribution in [3.63, 3.8) is 0 Å². The van der Waals surface area contributed by atoms with Crippen molar-refractivity contribution >= 4 is 5.69 Å². The molecular weight excluding hydrogens is 399 g/mol. The first-order valence-electron chi connectivity index (χ1n) is 12.0. The van der Waals surface area contributed by atoms with Crippen LogP contribution >= 0.6 is 0 Å². The van der Waals surface area contributed by atoms with Crippen LogP contribution in [0.2, 0.25) is 0 Å². The summed E-state index contributed by atoms with van der Waals surface area (Å²) in [6.45, 7) is 24.5. The average Bonchev–Trinajstić information content (AvgIpc) is 2.92. The fourth-order valence-electron chi connectivity index (χ4n) is 5.23. The van der Waals surface area contributed by atoms with Crippen molar-refractivity contribution < 1.29 is 10.5 Å². The molecule has 1 heterocycles. The van der Waals surface area contributed by atoms with Crippen LogP contribution < -0.4 is 0 Å². The van der Waals surface area contributed by atoms with Gasteiger partial charge in [-0.2, -0.15) is 0 Å². The van der Waals surface area contributed by atoms with Gasteiger partial charge in [0, 0.05) is 12.6 Å². The Morgan fingerprint density at radius 1 is 1.16 bits per heavy atom. The lowest BCUT2D eigenvalue weighted by Crippen LogP contribution is -2.36. The van der Waals surface area contributed by atoms with E-state index in [9.17, 15) is 4.39 Å². The molecule has 32 heavy (non-hydrogen) atoms. The Balaban J connectivity index is 2.31. The molecule has 0 saturated carbocycles. The van der Waals surface area contributed by atoms with E-state index in [0.29, 0.717) is 23.7 Å². The monoisotopic (exact) mass is 437 g/mol. The number of rotatable bonds is 6. The van der Waals surface area contributed by atoms with Gasteiger partial charge < -0.3 is 9.64 Å². The number of benzene rings is 2. The zero-order valence-electron chi connectivity index (χ0n) is 22.0. The van der Waals surface area contributed by atoms with Gasteiger partial charge in [0.05, 0.1) is 14.0 Å². The molecule has 0 aliphatic carbocycles. The zero-order valence-corrected chi connectivity index (χ0v) is 21.0. The zero-order chi connectivity index (χ0) is 24.9. The molecule has 0 N–H and O–H groups in total. The summed E-state index contributed by atoms with van der Waals surface area (Å²) in [5.41, 5.74) is 5.47. The summed E-state index contributed by atoms with van der Waals surface area (Å²) in [5.74, 6) is 0.0200. The largest absolute Gasteiger partial charge is 0.358 e. The van der Waals surface area contributed by atoms with Crippen molar-refractivity contribution in [1.82, 2.24) is 4.90 Å². The van der Waals surface area contributed by atoms with Crippen LogP contribution in [0.1, 0.15) is 80.5 Å². The fraction of sp³-hybridized carbons (Fsp3) is 0.536. The van der Waals surface area contributed by atoms with E-state index < -0.39 is 11.7 Å². The molecule has 3 rings (SSSR count). The molecule has 2 aromatic rings. The van der Waals surface area contributed by atoms with Gasteiger partial charge in [0.25, 0.3) is 0 Å². The molecule has 0 bridgehead atoms. The Hall–Kier alpha value is -2.22. The number of aryl methyl sites for hydroxylation is 1. The minimum atomic E-state index is -1.31. The van der Waals surface area contributed by atoms with Crippen LogP contribution in [0.15, 0.2) is 18.2 Å². The van der Waals surface area contributed by atoms with Gasteiger partial charge in [-0.3, -0.25) is 0 Å². The lowest BCUT2D eigenvalue weighted by atomic mass is 9.75. The molecule has 3 atom stereocenters. The molecule has 0 saturated heterocycles. The third-order valence-electron chi connectivity index (χ3n) is 7.23. The molecule has 0 radical (unpaired) electrons. The maximum Gasteiger partial charge on any atom is 0.193 e. The van der Waals surface area contributed by atoms with Crippen molar-refractivity contribution in [3.8, 4) is 0 Å². The van der Waals surface area contributed by atoms with Crippen molar-refractivity contribution in [2.45, 2.75) is 79.5 Å². The van der Waals surface area contributed by atoms with Gasteiger partial charge in [-0.15, -0.1) is 0 Å². The summed E-state index contributed by atoms with van der Waals surface area (Å²) >= 11 is 0. The standard InChI is InChI=1S/C28H37FN2O/c1-16(2)31(10)15-17(3)14-28(23-11-12-25(29)20(6)19(23)5)24-13-18(4)27(30-9)21(7)26(24)22(8)32-28/h11-13,16-17,22H,14-15H2,1-8,10H3/t17?,22?,28-/m0/s1/i22D. The van der Waals surface area contributed by atoms with Crippen LogP contribution in [0.5, 0.6) is 0 Å². The Bertz CT molecular complexity index is 1120. The topological polar surface area (TPSA) is 16.8 Å². The highest BCUT2D eigenvalue weighted by Gasteiger charge is 2.48. The van der Waals surface area contributed by atoms with E-state index in [2.05, 4.69) is 37.6 Å². The predicted molar refractivity (Wildman–Crippen MR) is 130 cm³/mol. The van der Waals surface area contributed by atoms with Crippen molar-refractivity contribution in [1.29, 1.82) is 0 Å². The predicted octanol–water partition coefficient (Wildman–Crippen LogP) is 7.31. The maximum atomic E-state index is 14.5. The van der Waals surface area contributed by atoms with Crippen LogP contribution in [-0.2, 0) is 10.3 Å². The van der Waals surface area contributed by atoms with Gasteiger partial charge in [-0.25, -0.2) is 9.24 Å². The van der Waals surface area contributed by atoms with Crippen molar-refractivity contribution in [2.75, 3.05) is 13.6 Å². The van der Waals surface area contributed by atoms with Gasteiger partial charge in [-0.05, 0) is 113 Å². The number of fused-ring (bicyclic) bond motifs is 1. The second-order valence-corrected chi connectivity index (χ2v) is 9.87. The van der Waals surface area contributed by atoms with E-state index in [1.165, 1.54) is 6.07 Å². The maximum absolute atomic E-state index is 14.5. The third-order valence-corrected chi connectivity index (χ3v) is 7.23. The van der Waals surface area contributed by atoms with Gasteiger partial charge in [0.15, 0.2) is 5.69 Å². The highest BCUT2D eigenvalue weighted by atomic mass is 19.1. The lowest BCUT2D eigenvalue weighted by molar-refractivity contribution is -0.0568. The lowest BCUT2D eigenvalue weighted by Gasteiger charge is -2.37. The van der Waals surface area contributed by atoms with Crippen molar-refractivity contribution in [2.24, 2.45) is 5.92 Å². The summed E-state index contributed by atoms with van der Waals surface area (Å²) in [5, 5.41) is 0. The number of halogens is 1. The second-order valence-electron chi connectivity index (χ2n) is 9.87. The normalized spacial score (nSPS) is 23.9. The molecule has 0 fully saturated rings. The smallest absolute Gasteiger partial charge is 0.193 e. The Labute approximate surface area is 194 Å². The molecular formula is C28H37FN2O. The molecule has 1 aliphatic heterocycles. The van der Waals surface area contributed by atoms with Crippen LogP contribution in [0.25, 0.3) is 4.85 Å². The summed E-state index contributed by atoms with van der Waals surface area (Å²) in [7, 11) is 2.12. The fourth-order valence-corrected chi connectivity index (χ4v) is 5.23. The first-order chi connectivity index (χ1) is 15.3. The second kappa shape index (κ2) is 8.96. The third kappa shape index (κ3) is 3.98. The summed E-state index contributed by atoms with van der Waals surface area (Å²) < 4.78 is 30.4. The van der Waals surface area contributed by atoms with Gasteiger partial charge in [-0.1, -0.05) is 19.1 Å². The van der Waals surface area contributed by atoms with Gasteiger partial charge in [0.1, 0.15) is 11.4 Å². The van der Waals surface area contributed by atoms with E-state index in [-0.39, 0.29) is 11.7 Å². The molecule has 0 amide bonds. The minimum Gasteiger partial charge on any atom is -0.358 e. The molecule has 1 aliphatic rings. The molecule has 0 aromatic heterocycles. The molecule has 0 spiro atoms. The van der Waals surface area contributed by atoms with E-state index in [1.54, 1.807) is 13.8 Å². The average molecular weight is 438 g/mol. The Morgan fingerprint density at radius 2 is 1.81 bits per heavy atom. The van der Waals surface area contributed by atoms with Crippen LogP contribution in [-0.4, -0.2) is 24.5 Å². The molecule has 2 unspecified atom stereocenters. The van der Waals surface area contributed by atoms with Gasteiger partial charge in [0.2, 0.25) is 0 Å². The van der Waals surface area contributed by atoms with Crippen LogP contribution in [0, 0.1) is 46.0 Å². The van der Waals surface area contributed by atoms with Crippen molar-refractivity contribution in [3.05, 3.63) is 74.4 Å². The minimum absolute atomic E-state index is 0.235. The Kier molecular flexibility index (Phi) is 6.43. The first kappa shape index (κ1) is 23.0. The SMILES string of the molecule is [2H]C1(C)O[C@@](CC(C)CN(C)C(C)C)(c2ccc(F)c(C)c2C)c2cc(C)c([N+]#[C-])c(C)c21. The highest BCUT2D eigenvalue weighted by Crippen LogP contribution is 2.54. The number of nitrogens with zero attached hydrogens (tertiary/aromatic N) is 2. The summed E-state index contributed by atoms with van der Waals surface area (Å²) in [4.78, 5) is 6.07. The number of ether oxygens (including phenoxy) is 1. The molecule has 2 aromatic carbocycles. The van der Waals surface area contributed by atoms with Crippen LogP contribution in [0.3, 0.4) is 0 Å². The molecule has 172 valence electrons. The number of hydrogen-bond acceptors (Lipinski definition) is 2. The number of hydrogen-bond donors (Lipinski definition) is 0. The molecule has 3 nitrogen and oxygen atoms in total. The van der Waals surface area contributed by atoms with E-state index >= 15 is 0 Å². The Morgan fingerprint density at radius 3 is 2.41 bits per heavy atom. The van der Waals surface area contributed by atoms with Gasteiger partial charge >= 0.3 is 0 Å². The first-order valence-corrected chi connectivity index (χ1v) is 11.5. The summed E-state index contributed by atoms with van der Waals surface area (Å²) in [6, 6.07) is 5.80. The van der Waals surface area contributed by atoms with E-state index in [0.717, 1.165) is 39.9 Å². The summed E-state index contributed by atoms with van der Waals surface area (Å²) in [6.07, 6.45) is -0.654. The highest BCUT2D eigenvalue weighted by molar-refractivity contribution is 5.66. The van der Waals surface area contributed by atoms with E-state index in [1.807, 2.05) is 32.9 Å². The van der Waals surface area contributed by atoms with E-state index in [4.69, 9.17) is 12.7 Å². The van der Waals surface area contributed by atoms with Crippen LogP contribution in [0.4, 0.5) is 10.1 Å².